The van der Waals surface area contributed by atoms with Gasteiger partial charge in [-0.2, -0.15) is 11.8 Å². The van der Waals surface area contributed by atoms with Crippen molar-refractivity contribution in [1.82, 2.24) is 4.98 Å². The first kappa shape index (κ1) is 12.2. The van der Waals surface area contributed by atoms with E-state index in [-0.39, 0.29) is 5.69 Å². The van der Waals surface area contributed by atoms with E-state index in [1.54, 1.807) is 6.07 Å². The van der Waals surface area contributed by atoms with Crippen molar-refractivity contribution in [3.05, 3.63) is 28.4 Å². The molecule has 17 heavy (non-hydrogen) atoms. The van der Waals surface area contributed by atoms with Crippen molar-refractivity contribution in [1.29, 1.82) is 0 Å². The topological polar surface area (TPSA) is 59.3 Å². The number of rotatable bonds is 2. The number of aromatic nitrogens is 1. The molecule has 0 saturated carbocycles. The molecule has 92 valence electrons. The van der Waals surface area contributed by atoms with E-state index in [2.05, 4.69) is 16.8 Å². The minimum Gasteiger partial charge on any atom is -0.356 e. The normalized spacial score (nSPS) is 21.0. The standard InChI is InChI=1S/C11H15N3O2S/c1-9-4-5-13(6-7-17-9)11-3-2-10(8-12-11)14(15)16/h2-3,8-9H,4-7H2,1H3. The van der Waals surface area contributed by atoms with Crippen molar-refractivity contribution in [2.24, 2.45) is 0 Å². The molecule has 0 N–H and O–H groups in total. The number of pyridine rings is 1. The average molecular weight is 253 g/mol. The second-order valence-electron chi connectivity index (χ2n) is 4.09. The van der Waals surface area contributed by atoms with Crippen LogP contribution < -0.4 is 4.90 Å². The lowest BCUT2D eigenvalue weighted by Crippen LogP contribution is -2.26. The van der Waals surface area contributed by atoms with Gasteiger partial charge in [0.15, 0.2) is 0 Å². The van der Waals surface area contributed by atoms with E-state index in [9.17, 15) is 10.1 Å². The summed E-state index contributed by atoms with van der Waals surface area (Å²) in [6, 6.07) is 3.25. The molecule has 0 amide bonds. The van der Waals surface area contributed by atoms with Gasteiger partial charge in [0.05, 0.1) is 4.92 Å². The van der Waals surface area contributed by atoms with Gasteiger partial charge in [0, 0.05) is 30.2 Å². The van der Waals surface area contributed by atoms with E-state index in [1.807, 2.05) is 11.8 Å². The molecule has 1 atom stereocenters. The number of nitro groups is 1. The summed E-state index contributed by atoms with van der Waals surface area (Å²) in [5, 5.41) is 11.2. The maximum Gasteiger partial charge on any atom is 0.287 e. The molecule has 0 aliphatic carbocycles. The second-order valence-corrected chi connectivity index (χ2v) is 5.64. The number of anilines is 1. The quantitative estimate of drug-likeness (QED) is 0.598. The van der Waals surface area contributed by atoms with Gasteiger partial charge in [-0.05, 0) is 12.5 Å². The predicted octanol–water partition coefficient (Wildman–Crippen LogP) is 2.32. The van der Waals surface area contributed by atoms with E-state index in [0.717, 1.165) is 31.1 Å². The number of nitrogens with zero attached hydrogens (tertiary/aromatic N) is 3. The molecule has 1 unspecified atom stereocenters. The zero-order valence-electron chi connectivity index (χ0n) is 9.70. The zero-order valence-corrected chi connectivity index (χ0v) is 10.5. The maximum atomic E-state index is 10.5. The highest BCUT2D eigenvalue weighted by Gasteiger charge is 2.16. The first-order valence-electron chi connectivity index (χ1n) is 5.64. The minimum atomic E-state index is -0.420. The van der Waals surface area contributed by atoms with Crippen LogP contribution in [-0.4, -0.2) is 34.0 Å². The third-order valence-corrected chi connectivity index (χ3v) is 4.06. The van der Waals surface area contributed by atoms with Gasteiger partial charge in [-0.3, -0.25) is 10.1 Å². The fraction of sp³-hybridized carbons (Fsp3) is 0.545. The van der Waals surface area contributed by atoms with Crippen LogP contribution in [0.25, 0.3) is 0 Å². The number of hydrogen-bond donors (Lipinski definition) is 0. The van der Waals surface area contributed by atoms with Gasteiger partial charge in [0.2, 0.25) is 0 Å². The lowest BCUT2D eigenvalue weighted by atomic mass is 10.3. The Bertz CT molecular complexity index is 396. The molecule has 6 heteroatoms. The Kier molecular flexibility index (Phi) is 3.83. The summed E-state index contributed by atoms with van der Waals surface area (Å²) in [4.78, 5) is 16.5. The van der Waals surface area contributed by atoms with Crippen LogP contribution >= 0.6 is 11.8 Å². The smallest absolute Gasteiger partial charge is 0.287 e. The SMILES string of the molecule is CC1CCN(c2ccc([N+](=O)[O-])cn2)CCS1. The summed E-state index contributed by atoms with van der Waals surface area (Å²) in [6.45, 7) is 4.16. The van der Waals surface area contributed by atoms with Crippen LogP contribution in [0.3, 0.4) is 0 Å². The average Bonchev–Trinajstić information content (AvgIpc) is 2.54. The van der Waals surface area contributed by atoms with Crippen molar-refractivity contribution in [2.75, 3.05) is 23.7 Å². The van der Waals surface area contributed by atoms with Gasteiger partial charge >= 0.3 is 0 Å². The van der Waals surface area contributed by atoms with Crippen molar-refractivity contribution in [2.45, 2.75) is 18.6 Å². The molecule has 1 aliphatic heterocycles. The van der Waals surface area contributed by atoms with Crippen LogP contribution in [-0.2, 0) is 0 Å². The van der Waals surface area contributed by atoms with E-state index in [4.69, 9.17) is 0 Å². The van der Waals surface area contributed by atoms with Gasteiger partial charge in [-0.25, -0.2) is 4.98 Å². The Morgan fingerprint density at radius 3 is 3.00 bits per heavy atom. The molecule has 2 heterocycles. The largest absolute Gasteiger partial charge is 0.356 e. The van der Waals surface area contributed by atoms with Crippen molar-refractivity contribution < 1.29 is 4.92 Å². The molecule has 1 aliphatic rings. The summed E-state index contributed by atoms with van der Waals surface area (Å²) < 4.78 is 0. The molecular formula is C11H15N3O2S. The molecule has 1 aromatic heterocycles. The second kappa shape index (κ2) is 5.35. The fourth-order valence-corrected chi connectivity index (χ4v) is 2.80. The van der Waals surface area contributed by atoms with Gasteiger partial charge in [-0.1, -0.05) is 6.92 Å². The maximum absolute atomic E-state index is 10.5. The Morgan fingerprint density at radius 1 is 1.53 bits per heavy atom. The van der Waals surface area contributed by atoms with Crippen molar-refractivity contribution in [3.63, 3.8) is 0 Å². The summed E-state index contributed by atoms with van der Waals surface area (Å²) in [6.07, 6.45) is 2.46. The first-order valence-corrected chi connectivity index (χ1v) is 6.68. The minimum absolute atomic E-state index is 0.0475. The summed E-state index contributed by atoms with van der Waals surface area (Å²) in [5.41, 5.74) is 0.0475. The molecule has 1 saturated heterocycles. The van der Waals surface area contributed by atoms with Gasteiger partial charge in [-0.15, -0.1) is 0 Å². The monoisotopic (exact) mass is 253 g/mol. The molecule has 0 aromatic carbocycles. The molecule has 2 rings (SSSR count). The molecule has 5 nitrogen and oxygen atoms in total. The third kappa shape index (κ3) is 3.09. The molecule has 0 bridgehead atoms. The zero-order chi connectivity index (χ0) is 12.3. The van der Waals surface area contributed by atoms with Gasteiger partial charge in [0.1, 0.15) is 12.0 Å². The molecule has 0 radical (unpaired) electrons. The van der Waals surface area contributed by atoms with Crippen molar-refractivity contribution >= 4 is 23.3 Å². The number of hydrogen-bond acceptors (Lipinski definition) is 5. The van der Waals surface area contributed by atoms with Crippen LogP contribution in [0.15, 0.2) is 18.3 Å². The van der Waals surface area contributed by atoms with E-state index >= 15 is 0 Å². The van der Waals surface area contributed by atoms with Crippen LogP contribution in [0.5, 0.6) is 0 Å². The molecule has 1 fully saturated rings. The van der Waals surface area contributed by atoms with E-state index in [1.165, 1.54) is 12.3 Å². The fourth-order valence-electron chi connectivity index (χ4n) is 1.80. The first-order chi connectivity index (χ1) is 8.16. The van der Waals surface area contributed by atoms with E-state index in [0.29, 0.717) is 5.25 Å². The Balaban J connectivity index is 2.08. The highest BCUT2D eigenvalue weighted by molar-refractivity contribution is 7.99. The number of thioether (sulfide) groups is 1. The van der Waals surface area contributed by atoms with Crippen LogP contribution in [0, 0.1) is 10.1 Å². The summed E-state index contributed by atoms with van der Waals surface area (Å²) in [5.74, 6) is 1.92. The van der Waals surface area contributed by atoms with Crippen LogP contribution in [0.1, 0.15) is 13.3 Å². The van der Waals surface area contributed by atoms with Crippen molar-refractivity contribution in [3.8, 4) is 0 Å². The summed E-state index contributed by atoms with van der Waals surface area (Å²) in [7, 11) is 0. The summed E-state index contributed by atoms with van der Waals surface area (Å²) >= 11 is 1.97. The van der Waals surface area contributed by atoms with Crippen LogP contribution in [0.4, 0.5) is 11.5 Å². The molecule has 1 aromatic rings. The third-order valence-electron chi connectivity index (χ3n) is 2.84. The van der Waals surface area contributed by atoms with Gasteiger partial charge < -0.3 is 4.90 Å². The van der Waals surface area contributed by atoms with E-state index < -0.39 is 4.92 Å². The van der Waals surface area contributed by atoms with Gasteiger partial charge in [0.25, 0.3) is 5.69 Å². The Hall–Kier alpha value is -1.30. The Morgan fingerprint density at radius 2 is 2.35 bits per heavy atom. The highest BCUT2D eigenvalue weighted by Crippen LogP contribution is 2.22. The molecule has 0 spiro atoms. The predicted molar refractivity (Wildman–Crippen MR) is 69.6 cm³/mol. The lowest BCUT2D eigenvalue weighted by Gasteiger charge is -2.20. The Labute approximate surface area is 104 Å². The highest BCUT2D eigenvalue weighted by atomic mass is 32.2. The lowest BCUT2D eigenvalue weighted by molar-refractivity contribution is -0.385. The molecular weight excluding hydrogens is 238 g/mol. The van der Waals surface area contributed by atoms with Crippen LogP contribution in [0.2, 0.25) is 0 Å².